The van der Waals surface area contributed by atoms with Crippen LogP contribution in [0.5, 0.6) is 11.5 Å². The third-order valence-electron chi connectivity index (χ3n) is 5.64. The van der Waals surface area contributed by atoms with E-state index in [9.17, 15) is 9.59 Å². The summed E-state index contributed by atoms with van der Waals surface area (Å²) in [5.41, 5.74) is 2.80. The summed E-state index contributed by atoms with van der Waals surface area (Å²) >= 11 is 0. The first kappa shape index (κ1) is 21.4. The van der Waals surface area contributed by atoms with E-state index in [0.717, 1.165) is 22.7 Å². The topological polar surface area (TPSA) is 76.9 Å². The van der Waals surface area contributed by atoms with Crippen LogP contribution in [0.25, 0.3) is 16.9 Å². The molecule has 0 N–H and O–H groups in total. The SMILES string of the molecule is COc1ccc(-c2cc(C(=O)N3CCN(C(C)=O)CC3)n(-c3ccc(OC)cc3)n2)cc1. The minimum Gasteiger partial charge on any atom is -0.497 e. The van der Waals surface area contributed by atoms with Crippen LogP contribution in [0, 0.1) is 0 Å². The number of nitrogens with zero attached hydrogens (tertiary/aromatic N) is 4. The summed E-state index contributed by atoms with van der Waals surface area (Å²) in [4.78, 5) is 28.6. The summed E-state index contributed by atoms with van der Waals surface area (Å²) < 4.78 is 12.2. The first-order chi connectivity index (χ1) is 15.5. The van der Waals surface area contributed by atoms with Gasteiger partial charge in [0.25, 0.3) is 5.91 Å². The van der Waals surface area contributed by atoms with Crippen molar-refractivity contribution in [3.8, 4) is 28.4 Å². The van der Waals surface area contributed by atoms with E-state index in [1.807, 2.05) is 54.6 Å². The van der Waals surface area contributed by atoms with Crippen molar-refractivity contribution in [2.75, 3.05) is 40.4 Å². The number of benzene rings is 2. The quantitative estimate of drug-likeness (QED) is 0.617. The first-order valence-corrected chi connectivity index (χ1v) is 10.4. The Labute approximate surface area is 187 Å². The molecule has 8 heteroatoms. The molecular formula is C24H26N4O4. The average Bonchev–Trinajstić information content (AvgIpc) is 3.29. The van der Waals surface area contributed by atoms with Crippen LogP contribution in [-0.4, -0.2) is 71.8 Å². The van der Waals surface area contributed by atoms with Gasteiger partial charge in [0.2, 0.25) is 5.91 Å². The van der Waals surface area contributed by atoms with Crippen molar-refractivity contribution < 1.29 is 19.1 Å². The first-order valence-electron chi connectivity index (χ1n) is 10.4. The van der Waals surface area contributed by atoms with Crippen molar-refractivity contribution in [3.05, 3.63) is 60.3 Å². The molecule has 3 aromatic rings. The van der Waals surface area contributed by atoms with E-state index >= 15 is 0 Å². The number of amides is 2. The van der Waals surface area contributed by atoms with Crippen LogP contribution < -0.4 is 9.47 Å². The molecule has 1 aromatic heterocycles. The van der Waals surface area contributed by atoms with Crippen LogP contribution in [0.3, 0.4) is 0 Å². The maximum absolute atomic E-state index is 13.5. The van der Waals surface area contributed by atoms with Crippen LogP contribution >= 0.6 is 0 Å². The Morgan fingerprint density at radius 2 is 1.34 bits per heavy atom. The van der Waals surface area contributed by atoms with E-state index in [1.54, 1.807) is 35.6 Å². The monoisotopic (exact) mass is 434 g/mol. The van der Waals surface area contributed by atoms with E-state index in [4.69, 9.17) is 14.6 Å². The van der Waals surface area contributed by atoms with E-state index in [0.29, 0.717) is 37.6 Å². The van der Waals surface area contributed by atoms with Crippen molar-refractivity contribution in [2.24, 2.45) is 0 Å². The molecule has 0 radical (unpaired) electrons. The molecule has 0 bridgehead atoms. The van der Waals surface area contributed by atoms with Gasteiger partial charge in [-0.05, 0) is 54.6 Å². The number of carbonyl (C=O) groups excluding carboxylic acids is 2. The molecule has 0 unspecified atom stereocenters. The van der Waals surface area contributed by atoms with Gasteiger partial charge in [0, 0.05) is 38.7 Å². The van der Waals surface area contributed by atoms with E-state index in [1.165, 1.54) is 0 Å². The number of hydrogen-bond acceptors (Lipinski definition) is 5. The Morgan fingerprint density at radius 1 is 0.812 bits per heavy atom. The van der Waals surface area contributed by atoms with Gasteiger partial charge in [-0.3, -0.25) is 9.59 Å². The zero-order valence-corrected chi connectivity index (χ0v) is 18.4. The highest BCUT2D eigenvalue weighted by molar-refractivity contribution is 5.94. The summed E-state index contributed by atoms with van der Waals surface area (Å²) in [5.74, 6) is 1.39. The Balaban J connectivity index is 1.69. The van der Waals surface area contributed by atoms with Crippen molar-refractivity contribution >= 4 is 11.8 Å². The Kier molecular flexibility index (Phi) is 6.11. The standard InChI is InChI=1S/C24H26N4O4/c1-17(29)26-12-14-27(15-13-26)24(30)23-16-22(18-4-8-20(31-2)9-5-18)25-28(23)19-6-10-21(32-3)11-7-19/h4-11,16H,12-15H2,1-3H3. The van der Waals surface area contributed by atoms with Gasteiger partial charge in [-0.15, -0.1) is 0 Å². The molecule has 1 aliphatic heterocycles. The summed E-state index contributed by atoms with van der Waals surface area (Å²) in [5, 5.41) is 4.74. The van der Waals surface area contributed by atoms with Gasteiger partial charge in [0.05, 0.1) is 25.6 Å². The van der Waals surface area contributed by atoms with Crippen molar-refractivity contribution in [1.29, 1.82) is 0 Å². The second kappa shape index (κ2) is 9.13. The average molecular weight is 434 g/mol. The maximum atomic E-state index is 13.5. The third kappa shape index (κ3) is 4.30. The van der Waals surface area contributed by atoms with E-state index in [2.05, 4.69) is 0 Å². The second-order valence-electron chi connectivity index (χ2n) is 7.55. The molecule has 0 aliphatic carbocycles. The molecule has 0 atom stereocenters. The number of ether oxygens (including phenoxy) is 2. The highest BCUT2D eigenvalue weighted by Gasteiger charge is 2.27. The van der Waals surface area contributed by atoms with Crippen molar-refractivity contribution in [3.63, 3.8) is 0 Å². The molecule has 166 valence electrons. The highest BCUT2D eigenvalue weighted by Crippen LogP contribution is 2.26. The number of methoxy groups -OCH3 is 2. The predicted molar refractivity (Wildman–Crippen MR) is 120 cm³/mol. The second-order valence-corrected chi connectivity index (χ2v) is 7.55. The number of aromatic nitrogens is 2. The van der Waals surface area contributed by atoms with Gasteiger partial charge in [-0.1, -0.05) is 0 Å². The van der Waals surface area contributed by atoms with Crippen LogP contribution in [-0.2, 0) is 4.79 Å². The van der Waals surface area contributed by atoms with Gasteiger partial charge in [0.15, 0.2) is 0 Å². The molecule has 0 saturated carbocycles. The molecule has 32 heavy (non-hydrogen) atoms. The molecular weight excluding hydrogens is 408 g/mol. The van der Waals surface area contributed by atoms with Crippen molar-refractivity contribution in [2.45, 2.75) is 6.92 Å². The van der Waals surface area contributed by atoms with Crippen LogP contribution in [0.2, 0.25) is 0 Å². The summed E-state index contributed by atoms with van der Waals surface area (Å²) in [6.07, 6.45) is 0. The normalized spacial score (nSPS) is 13.7. The molecule has 8 nitrogen and oxygen atoms in total. The van der Waals surface area contributed by atoms with Gasteiger partial charge in [0.1, 0.15) is 17.2 Å². The molecule has 2 heterocycles. The lowest BCUT2D eigenvalue weighted by molar-refractivity contribution is -0.130. The molecule has 2 amide bonds. The van der Waals surface area contributed by atoms with Gasteiger partial charge >= 0.3 is 0 Å². The van der Waals surface area contributed by atoms with Gasteiger partial charge in [-0.2, -0.15) is 5.10 Å². The summed E-state index contributed by atoms with van der Waals surface area (Å²) in [7, 11) is 3.23. The summed E-state index contributed by atoms with van der Waals surface area (Å²) in [6.45, 7) is 3.59. The minimum atomic E-state index is -0.115. The lowest BCUT2D eigenvalue weighted by Gasteiger charge is -2.34. The number of carbonyl (C=O) groups is 2. The number of rotatable bonds is 5. The number of piperazine rings is 1. The lowest BCUT2D eigenvalue weighted by Crippen LogP contribution is -2.50. The largest absolute Gasteiger partial charge is 0.497 e. The molecule has 4 rings (SSSR count). The fourth-order valence-corrected chi connectivity index (χ4v) is 3.74. The molecule has 1 fully saturated rings. The Hall–Kier alpha value is -3.81. The maximum Gasteiger partial charge on any atom is 0.272 e. The molecule has 1 aliphatic rings. The Bertz CT molecular complexity index is 1100. The summed E-state index contributed by atoms with van der Waals surface area (Å²) in [6, 6.07) is 16.8. The zero-order valence-electron chi connectivity index (χ0n) is 18.4. The van der Waals surface area contributed by atoms with Crippen LogP contribution in [0.4, 0.5) is 0 Å². The minimum absolute atomic E-state index is 0.0298. The lowest BCUT2D eigenvalue weighted by atomic mass is 10.1. The molecule has 1 saturated heterocycles. The van der Waals surface area contributed by atoms with E-state index < -0.39 is 0 Å². The van der Waals surface area contributed by atoms with E-state index in [-0.39, 0.29) is 11.8 Å². The fraction of sp³-hybridized carbons (Fsp3) is 0.292. The fourth-order valence-electron chi connectivity index (χ4n) is 3.74. The zero-order chi connectivity index (χ0) is 22.7. The smallest absolute Gasteiger partial charge is 0.272 e. The third-order valence-corrected chi connectivity index (χ3v) is 5.64. The highest BCUT2D eigenvalue weighted by atomic mass is 16.5. The van der Waals surface area contributed by atoms with Crippen LogP contribution in [0.15, 0.2) is 54.6 Å². The van der Waals surface area contributed by atoms with Gasteiger partial charge < -0.3 is 19.3 Å². The molecule has 2 aromatic carbocycles. The van der Waals surface area contributed by atoms with Crippen LogP contribution in [0.1, 0.15) is 17.4 Å². The number of hydrogen-bond donors (Lipinski definition) is 0. The molecule has 0 spiro atoms. The van der Waals surface area contributed by atoms with Crippen molar-refractivity contribution in [1.82, 2.24) is 19.6 Å². The Morgan fingerprint density at radius 3 is 1.88 bits per heavy atom. The predicted octanol–water partition coefficient (Wildman–Crippen LogP) is 2.86. The van der Waals surface area contributed by atoms with Gasteiger partial charge in [-0.25, -0.2) is 4.68 Å².